The smallest absolute Gasteiger partial charge is 0.265 e. The van der Waals surface area contributed by atoms with Crippen molar-refractivity contribution in [1.82, 2.24) is 4.57 Å². The Labute approximate surface area is 145 Å². The standard InChI is InChI=1S/C18H14F3NO2S/c19-15-5-7-16(8-6-15)22-10-14(18(20)21)9-17(22)13-3-1-12(2-4-13)11-25(23)24/h1-10,18H,11H2,(H,23,24)/p-1. The number of nitrogens with zero attached hydrogens (tertiary/aromatic N) is 1. The molecule has 0 radical (unpaired) electrons. The highest BCUT2D eigenvalue weighted by Gasteiger charge is 2.15. The predicted octanol–water partition coefficient (Wildman–Crippen LogP) is 4.60. The highest BCUT2D eigenvalue weighted by molar-refractivity contribution is 7.78. The van der Waals surface area contributed by atoms with Crippen LogP contribution >= 0.6 is 0 Å². The van der Waals surface area contributed by atoms with Gasteiger partial charge in [0.1, 0.15) is 5.82 Å². The van der Waals surface area contributed by atoms with Crippen LogP contribution < -0.4 is 0 Å². The molecule has 0 fully saturated rings. The molecule has 0 saturated carbocycles. The Balaban J connectivity index is 2.05. The molecule has 7 heteroatoms. The molecule has 0 aliphatic heterocycles. The van der Waals surface area contributed by atoms with Gasteiger partial charge in [-0.2, -0.15) is 0 Å². The minimum Gasteiger partial charge on any atom is -0.772 e. The molecule has 0 bridgehead atoms. The van der Waals surface area contributed by atoms with Crippen LogP contribution in [0.15, 0.2) is 60.8 Å². The van der Waals surface area contributed by atoms with E-state index in [1.54, 1.807) is 28.8 Å². The van der Waals surface area contributed by atoms with Crippen LogP contribution in [0.1, 0.15) is 17.6 Å². The van der Waals surface area contributed by atoms with Crippen LogP contribution in [0.5, 0.6) is 0 Å². The first-order valence-corrected chi connectivity index (χ1v) is 8.60. The van der Waals surface area contributed by atoms with Gasteiger partial charge in [-0.1, -0.05) is 35.3 Å². The summed E-state index contributed by atoms with van der Waals surface area (Å²) in [5.74, 6) is -0.525. The molecule has 2 aromatic carbocycles. The maximum absolute atomic E-state index is 13.1. The lowest BCUT2D eigenvalue weighted by molar-refractivity contribution is 0.151. The second kappa shape index (κ2) is 7.25. The summed E-state index contributed by atoms with van der Waals surface area (Å²) < 4.78 is 62.4. The van der Waals surface area contributed by atoms with Crippen LogP contribution in [-0.2, 0) is 16.8 Å². The number of rotatable bonds is 5. The highest BCUT2D eigenvalue weighted by Crippen LogP contribution is 2.31. The lowest BCUT2D eigenvalue weighted by Crippen LogP contribution is -1.96. The second-order valence-electron chi connectivity index (χ2n) is 5.45. The van der Waals surface area contributed by atoms with E-state index in [9.17, 15) is 21.9 Å². The van der Waals surface area contributed by atoms with Crippen molar-refractivity contribution < 1.29 is 21.9 Å². The maximum atomic E-state index is 13.1. The first kappa shape index (κ1) is 17.4. The van der Waals surface area contributed by atoms with Crippen molar-refractivity contribution in [1.29, 1.82) is 0 Å². The molecule has 1 unspecified atom stereocenters. The third-order valence-corrected chi connectivity index (χ3v) is 4.30. The third kappa shape index (κ3) is 4.00. The molecule has 1 heterocycles. The lowest BCUT2D eigenvalue weighted by Gasteiger charge is -2.11. The Morgan fingerprint density at radius 1 is 1.04 bits per heavy atom. The monoisotopic (exact) mass is 364 g/mol. The SMILES string of the molecule is O=S([O-])Cc1ccc(-c2cc(C(F)F)cn2-c2ccc(F)cc2)cc1. The van der Waals surface area contributed by atoms with E-state index in [2.05, 4.69) is 0 Å². The van der Waals surface area contributed by atoms with Crippen molar-refractivity contribution in [2.75, 3.05) is 0 Å². The summed E-state index contributed by atoms with van der Waals surface area (Å²) in [6.07, 6.45) is -1.32. The van der Waals surface area contributed by atoms with Crippen molar-refractivity contribution in [2.24, 2.45) is 0 Å². The van der Waals surface area contributed by atoms with E-state index < -0.39 is 23.3 Å². The van der Waals surface area contributed by atoms with E-state index >= 15 is 0 Å². The van der Waals surface area contributed by atoms with Gasteiger partial charge in [0.25, 0.3) is 6.43 Å². The fraction of sp³-hybridized carbons (Fsp3) is 0.111. The maximum Gasteiger partial charge on any atom is 0.265 e. The molecule has 0 aliphatic rings. The Morgan fingerprint density at radius 2 is 1.68 bits per heavy atom. The summed E-state index contributed by atoms with van der Waals surface area (Å²) in [7, 11) is 0. The highest BCUT2D eigenvalue weighted by atomic mass is 32.2. The van der Waals surface area contributed by atoms with Gasteiger partial charge < -0.3 is 9.12 Å². The second-order valence-corrected chi connectivity index (χ2v) is 6.35. The average molecular weight is 364 g/mol. The van der Waals surface area contributed by atoms with Crippen LogP contribution in [0.4, 0.5) is 13.2 Å². The number of hydrogen-bond donors (Lipinski definition) is 0. The molecule has 0 amide bonds. The van der Waals surface area contributed by atoms with Crippen LogP contribution in [0, 0.1) is 5.82 Å². The first-order valence-electron chi connectivity index (χ1n) is 7.35. The molecule has 0 N–H and O–H groups in total. The number of benzene rings is 2. The zero-order valence-corrected chi connectivity index (χ0v) is 13.7. The van der Waals surface area contributed by atoms with Crippen molar-refractivity contribution in [3.05, 3.63) is 77.7 Å². The van der Waals surface area contributed by atoms with E-state index in [1.807, 2.05) is 0 Å². The van der Waals surface area contributed by atoms with Gasteiger partial charge in [-0.05, 0) is 41.5 Å². The molecular weight excluding hydrogens is 351 g/mol. The quantitative estimate of drug-likeness (QED) is 0.621. The van der Waals surface area contributed by atoms with Gasteiger partial charge in [-0.15, -0.1) is 0 Å². The molecule has 1 aromatic heterocycles. The Kier molecular flexibility index (Phi) is 5.06. The van der Waals surface area contributed by atoms with Gasteiger partial charge in [0.2, 0.25) is 0 Å². The van der Waals surface area contributed by atoms with Gasteiger partial charge in [0.05, 0.1) is 5.69 Å². The molecule has 25 heavy (non-hydrogen) atoms. The number of hydrogen-bond acceptors (Lipinski definition) is 2. The van der Waals surface area contributed by atoms with Crippen LogP contribution in [0.25, 0.3) is 16.9 Å². The van der Waals surface area contributed by atoms with E-state index in [0.717, 1.165) is 0 Å². The number of aromatic nitrogens is 1. The van der Waals surface area contributed by atoms with Crippen LogP contribution in [0.2, 0.25) is 0 Å². The molecule has 0 saturated heterocycles. The van der Waals surface area contributed by atoms with E-state index in [0.29, 0.717) is 22.5 Å². The van der Waals surface area contributed by atoms with Gasteiger partial charge >= 0.3 is 0 Å². The summed E-state index contributed by atoms with van der Waals surface area (Å²) in [4.78, 5) is 0. The van der Waals surface area contributed by atoms with Crippen molar-refractivity contribution >= 4 is 11.1 Å². The number of alkyl halides is 2. The lowest BCUT2D eigenvalue weighted by atomic mass is 10.1. The summed E-state index contributed by atoms with van der Waals surface area (Å²) in [6.45, 7) is 0. The molecule has 1 atom stereocenters. The zero-order valence-electron chi connectivity index (χ0n) is 12.9. The minimum atomic E-state index is -2.64. The Morgan fingerprint density at radius 3 is 2.24 bits per heavy atom. The molecule has 0 aliphatic carbocycles. The summed E-state index contributed by atoms with van der Waals surface area (Å²) in [5, 5.41) is 0. The van der Waals surface area contributed by atoms with Crippen LogP contribution in [-0.4, -0.2) is 13.3 Å². The topological polar surface area (TPSA) is 45.1 Å². The largest absolute Gasteiger partial charge is 0.772 e. The van der Waals surface area contributed by atoms with Crippen molar-refractivity contribution in [3.63, 3.8) is 0 Å². The zero-order chi connectivity index (χ0) is 18.0. The number of halogens is 3. The molecular formula is C18H13F3NO2S-. The third-order valence-electron chi connectivity index (χ3n) is 3.73. The van der Waals surface area contributed by atoms with Gasteiger partial charge in [0, 0.05) is 23.2 Å². The van der Waals surface area contributed by atoms with Gasteiger partial charge in [-0.25, -0.2) is 13.2 Å². The predicted molar refractivity (Wildman–Crippen MR) is 88.7 cm³/mol. The summed E-state index contributed by atoms with van der Waals surface area (Å²) in [6, 6.07) is 13.5. The molecule has 130 valence electrons. The molecule has 3 nitrogen and oxygen atoms in total. The normalized spacial score (nSPS) is 12.5. The Bertz CT molecular complexity index is 890. The average Bonchev–Trinajstić information content (AvgIpc) is 3.01. The van der Waals surface area contributed by atoms with E-state index in [1.165, 1.54) is 36.5 Å². The van der Waals surface area contributed by atoms with Crippen molar-refractivity contribution in [2.45, 2.75) is 12.2 Å². The summed E-state index contributed by atoms with van der Waals surface area (Å²) >= 11 is -2.20. The molecule has 3 aromatic rings. The molecule has 3 rings (SSSR count). The van der Waals surface area contributed by atoms with E-state index in [-0.39, 0.29) is 11.3 Å². The Hall–Kier alpha value is -2.38. The molecule has 0 spiro atoms. The van der Waals surface area contributed by atoms with E-state index in [4.69, 9.17) is 0 Å². The summed E-state index contributed by atoms with van der Waals surface area (Å²) in [5.41, 5.74) is 2.16. The fourth-order valence-electron chi connectivity index (χ4n) is 2.55. The van der Waals surface area contributed by atoms with Gasteiger partial charge in [0.15, 0.2) is 0 Å². The minimum absolute atomic E-state index is 0.110. The van der Waals surface area contributed by atoms with Crippen molar-refractivity contribution in [3.8, 4) is 16.9 Å². The fourth-order valence-corrected chi connectivity index (χ4v) is 3.01. The van der Waals surface area contributed by atoms with Gasteiger partial charge in [-0.3, -0.25) is 4.21 Å². The first-order chi connectivity index (χ1) is 11.9. The van der Waals surface area contributed by atoms with Crippen LogP contribution in [0.3, 0.4) is 0 Å².